The molecular weight excluding hydrogens is 484 g/mol. The van der Waals surface area contributed by atoms with Gasteiger partial charge in [-0.15, -0.1) is 0 Å². The van der Waals surface area contributed by atoms with Gasteiger partial charge >= 0.3 is 0 Å². The van der Waals surface area contributed by atoms with Gasteiger partial charge in [-0.2, -0.15) is 4.98 Å². The van der Waals surface area contributed by atoms with Crippen molar-refractivity contribution in [3.8, 4) is 5.75 Å². The summed E-state index contributed by atoms with van der Waals surface area (Å²) in [4.78, 5) is 9.08. The number of ether oxygens (including phenoxy) is 1. The van der Waals surface area contributed by atoms with Crippen molar-refractivity contribution in [2.75, 3.05) is 17.7 Å². The van der Waals surface area contributed by atoms with Crippen LogP contribution in [0.25, 0.3) is 0 Å². The Labute approximate surface area is 211 Å². The maximum absolute atomic E-state index is 12.8. The molecule has 0 radical (unpaired) electrons. The van der Waals surface area contributed by atoms with E-state index < -0.39 is 15.1 Å². The van der Waals surface area contributed by atoms with Crippen LogP contribution in [0.3, 0.4) is 0 Å². The largest absolute Gasteiger partial charge is 0.495 e. The van der Waals surface area contributed by atoms with Crippen molar-refractivity contribution in [2.45, 2.75) is 61.5 Å². The van der Waals surface area contributed by atoms with Gasteiger partial charge in [0, 0.05) is 0 Å². The number of nitrogens with one attached hydrogen (secondary N) is 2. The second-order valence-corrected chi connectivity index (χ2v) is 12.5. The van der Waals surface area contributed by atoms with Crippen molar-refractivity contribution in [3.05, 3.63) is 58.7 Å². The second kappa shape index (κ2) is 8.99. The number of para-hydroxylation sites is 1. The van der Waals surface area contributed by atoms with Crippen LogP contribution >= 0.6 is 11.6 Å². The molecule has 1 aromatic heterocycles. The van der Waals surface area contributed by atoms with Crippen LogP contribution in [-0.4, -0.2) is 30.7 Å². The molecule has 2 aromatic carbocycles. The van der Waals surface area contributed by atoms with E-state index in [1.807, 2.05) is 0 Å². The number of nitrogens with zero attached hydrogens (tertiary/aromatic N) is 2. The Kier molecular flexibility index (Phi) is 6.13. The maximum Gasteiger partial charge on any atom is 0.229 e. The van der Waals surface area contributed by atoms with Crippen LogP contribution in [-0.2, 0) is 21.7 Å². The third kappa shape index (κ3) is 4.45. The Morgan fingerprint density at radius 3 is 2.57 bits per heavy atom. The SMILES string of the molecule is COc1cc2c(cc1Nc1ncc(Cl)c(Nc3ccccc3S(=O)(=O)C(C)C)n1)CCCC21CC1. The summed E-state index contributed by atoms with van der Waals surface area (Å²) in [6.07, 6.45) is 7.48. The molecule has 0 aliphatic heterocycles. The fourth-order valence-corrected chi connectivity index (χ4v) is 6.19. The number of sulfone groups is 1. The summed E-state index contributed by atoms with van der Waals surface area (Å²) in [5, 5.41) is 6.08. The molecule has 0 saturated heterocycles. The first kappa shape index (κ1) is 23.9. The molecule has 1 heterocycles. The van der Waals surface area contributed by atoms with E-state index in [4.69, 9.17) is 16.3 Å². The monoisotopic (exact) mass is 512 g/mol. The number of hydrogen-bond acceptors (Lipinski definition) is 7. The van der Waals surface area contributed by atoms with Crippen molar-refractivity contribution >= 4 is 44.6 Å². The topological polar surface area (TPSA) is 93.2 Å². The quantitative estimate of drug-likeness (QED) is 0.390. The van der Waals surface area contributed by atoms with Gasteiger partial charge in [-0.25, -0.2) is 13.4 Å². The molecule has 2 aliphatic rings. The smallest absolute Gasteiger partial charge is 0.229 e. The molecule has 184 valence electrons. The number of anilines is 4. The molecule has 2 aliphatic carbocycles. The molecule has 1 spiro atoms. The minimum absolute atomic E-state index is 0.199. The standard InChI is InChI=1S/C26H29ClN4O3S/c1-16(2)35(32,33)23-9-5-4-8-20(23)29-24-19(27)15-28-25(31-24)30-21-13-17-7-6-10-26(11-12-26)18(17)14-22(21)34-3/h4-5,8-9,13-16H,6-7,10-12H2,1-3H3,(H2,28,29,30,31). The van der Waals surface area contributed by atoms with Crippen LogP contribution in [0.5, 0.6) is 5.75 Å². The summed E-state index contributed by atoms with van der Waals surface area (Å²) in [7, 11) is -1.84. The van der Waals surface area contributed by atoms with Gasteiger partial charge in [-0.3, -0.25) is 0 Å². The number of aryl methyl sites for hydroxylation is 1. The number of rotatable bonds is 7. The summed E-state index contributed by atoms with van der Waals surface area (Å²) < 4.78 is 31.4. The normalized spacial score (nSPS) is 16.1. The zero-order valence-electron chi connectivity index (χ0n) is 20.1. The molecule has 5 rings (SSSR count). The van der Waals surface area contributed by atoms with E-state index in [0.29, 0.717) is 22.9 Å². The van der Waals surface area contributed by atoms with Crippen LogP contribution in [0.15, 0.2) is 47.5 Å². The Hall–Kier alpha value is -2.84. The van der Waals surface area contributed by atoms with Crippen LogP contribution in [0, 0.1) is 0 Å². The van der Waals surface area contributed by atoms with E-state index in [9.17, 15) is 8.42 Å². The highest BCUT2D eigenvalue weighted by atomic mass is 35.5. The van der Waals surface area contributed by atoms with Crippen LogP contribution in [0.2, 0.25) is 5.02 Å². The van der Waals surface area contributed by atoms with Crippen LogP contribution in [0.1, 0.15) is 50.7 Å². The Bertz CT molecular complexity index is 1390. The fourth-order valence-electron chi connectivity index (χ4n) is 4.85. The van der Waals surface area contributed by atoms with Crippen molar-refractivity contribution in [2.24, 2.45) is 0 Å². The zero-order valence-corrected chi connectivity index (χ0v) is 21.6. The van der Waals surface area contributed by atoms with E-state index in [1.165, 1.54) is 43.0 Å². The maximum atomic E-state index is 12.8. The minimum Gasteiger partial charge on any atom is -0.495 e. The van der Waals surface area contributed by atoms with Crippen molar-refractivity contribution in [3.63, 3.8) is 0 Å². The Balaban J connectivity index is 1.46. The first-order chi connectivity index (χ1) is 16.7. The number of hydrogen-bond donors (Lipinski definition) is 2. The molecule has 9 heteroatoms. The molecular formula is C26H29ClN4O3S. The lowest BCUT2D eigenvalue weighted by Crippen LogP contribution is -2.16. The summed E-state index contributed by atoms with van der Waals surface area (Å²) >= 11 is 6.38. The molecule has 3 aromatic rings. The van der Waals surface area contributed by atoms with Gasteiger partial charge in [0.1, 0.15) is 10.8 Å². The average molecular weight is 513 g/mol. The van der Waals surface area contributed by atoms with Gasteiger partial charge in [-0.05, 0) is 86.8 Å². The molecule has 0 bridgehead atoms. The summed E-state index contributed by atoms with van der Waals surface area (Å²) in [5.41, 5.74) is 4.30. The molecule has 1 fully saturated rings. The Morgan fingerprint density at radius 1 is 1.09 bits per heavy atom. The van der Waals surface area contributed by atoms with E-state index in [-0.39, 0.29) is 9.92 Å². The molecule has 0 unspecified atom stereocenters. The highest BCUT2D eigenvalue weighted by Gasteiger charge is 2.47. The number of halogens is 1. The van der Waals surface area contributed by atoms with Gasteiger partial charge in [-0.1, -0.05) is 23.7 Å². The van der Waals surface area contributed by atoms with Gasteiger partial charge in [0.25, 0.3) is 0 Å². The molecule has 0 atom stereocenters. The lowest BCUT2D eigenvalue weighted by atomic mass is 9.80. The Morgan fingerprint density at radius 2 is 1.86 bits per heavy atom. The van der Waals surface area contributed by atoms with E-state index >= 15 is 0 Å². The number of fused-ring (bicyclic) bond motifs is 2. The number of methoxy groups -OCH3 is 1. The van der Waals surface area contributed by atoms with Gasteiger partial charge in [0.05, 0.1) is 34.8 Å². The van der Waals surface area contributed by atoms with E-state index in [0.717, 1.165) is 17.9 Å². The third-order valence-corrected chi connectivity index (χ3v) is 9.50. The van der Waals surface area contributed by atoms with Crippen molar-refractivity contribution < 1.29 is 13.2 Å². The van der Waals surface area contributed by atoms with Crippen LogP contribution < -0.4 is 15.4 Å². The average Bonchev–Trinajstić information content (AvgIpc) is 3.61. The molecule has 2 N–H and O–H groups in total. The lowest BCUT2D eigenvalue weighted by molar-refractivity contribution is 0.414. The van der Waals surface area contributed by atoms with E-state index in [1.54, 1.807) is 45.2 Å². The second-order valence-electron chi connectivity index (χ2n) is 9.57. The molecule has 0 amide bonds. The number of benzene rings is 2. The molecule has 7 nitrogen and oxygen atoms in total. The molecule has 1 saturated carbocycles. The molecule has 35 heavy (non-hydrogen) atoms. The van der Waals surface area contributed by atoms with Crippen molar-refractivity contribution in [1.29, 1.82) is 0 Å². The number of aromatic nitrogens is 2. The predicted molar refractivity (Wildman–Crippen MR) is 139 cm³/mol. The zero-order chi connectivity index (χ0) is 24.8. The van der Waals surface area contributed by atoms with Gasteiger partial charge in [0.15, 0.2) is 15.7 Å². The van der Waals surface area contributed by atoms with E-state index in [2.05, 4.69) is 32.7 Å². The summed E-state index contributed by atoms with van der Waals surface area (Å²) in [6.45, 7) is 3.31. The first-order valence-corrected chi connectivity index (χ1v) is 13.8. The third-order valence-electron chi connectivity index (χ3n) is 7.01. The lowest BCUT2D eigenvalue weighted by Gasteiger charge is -2.27. The van der Waals surface area contributed by atoms with Gasteiger partial charge < -0.3 is 15.4 Å². The highest BCUT2D eigenvalue weighted by molar-refractivity contribution is 7.92. The van der Waals surface area contributed by atoms with Crippen LogP contribution in [0.4, 0.5) is 23.1 Å². The minimum atomic E-state index is -3.50. The first-order valence-electron chi connectivity index (χ1n) is 11.8. The highest BCUT2D eigenvalue weighted by Crippen LogP contribution is 2.56. The fraction of sp³-hybridized carbons (Fsp3) is 0.385. The summed E-state index contributed by atoms with van der Waals surface area (Å²) in [6, 6.07) is 11.0. The predicted octanol–water partition coefficient (Wildman–Crippen LogP) is 6.18. The summed E-state index contributed by atoms with van der Waals surface area (Å²) in [5.74, 6) is 1.39. The van der Waals surface area contributed by atoms with Gasteiger partial charge in [0.2, 0.25) is 5.95 Å². The van der Waals surface area contributed by atoms with Crippen molar-refractivity contribution in [1.82, 2.24) is 9.97 Å².